The summed E-state index contributed by atoms with van der Waals surface area (Å²) in [4.78, 5) is 17.7. The van der Waals surface area contributed by atoms with Crippen molar-refractivity contribution in [3.63, 3.8) is 0 Å². The SMILES string of the molecule is Cc1nnc(-c2cc(F)c3cncc(-c4ccc(-c5cnn(CC(=O)N(C)C)c5)cc4)c3c2)o1. The number of aryl methyl sites for hydroxylation is 1. The zero-order valence-electron chi connectivity index (χ0n) is 18.9. The third kappa shape index (κ3) is 4.03. The van der Waals surface area contributed by atoms with E-state index in [9.17, 15) is 9.18 Å². The van der Waals surface area contributed by atoms with E-state index >= 15 is 0 Å². The largest absolute Gasteiger partial charge is 0.421 e. The summed E-state index contributed by atoms with van der Waals surface area (Å²) in [6.07, 6.45) is 6.79. The molecule has 5 aromatic rings. The topological polar surface area (TPSA) is 89.9 Å². The Hall–Kier alpha value is -4.40. The van der Waals surface area contributed by atoms with Crippen molar-refractivity contribution < 1.29 is 13.6 Å². The first kappa shape index (κ1) is 21.4. The fourth-order valence-electron chi connectivity index (χ4n) is 3.72. The first-order valence-corrected chi connectivity index (χ1v) is 10.6. The van der Waals surface area contributed by atoms with Gasteiger partial charge in [0.2, 0.25) is 17.7 Å². The second-order valence-corrected chi connectivity index (χ2v) is 8.16. The van der Waals surface area contributed by atoms with Gasteiger partial charge >= 0.3 is 0 Å². The molecule has 0 fully saturated rings. The molecule has 0 unspecified atom stereocenters. The number of fused-ring (bicyclic) bond motifs is 1. The number of hydrogen-bond acceptors (Lipinski definition) is 6. The lowest BCUT2D eigenvalue weighted by molar-refractivity contribution is -0.129. The molecule has 170 valence electrons. The van der Waals surface area contributed by atoms with Crippen LogP contribution in [-0.2, 0) is 11.3 Å². The molecule has 0 aliphatic rings. The van der Waals surface area contributed by atoms with Crippen LogP contribution in [0.25, 0.3) is 44.5 Å². The van der Waals surface area contributed by atoms with Crippen molar-refractivity contribution in [2.45, 2.75) is 13.5 Å². The van der Waals surface area contributed by atoms with E-state index < -0.39 is 5.82 Å². The van der Waals surface area contributed by atoms with Crippen molar-refractivity contribution in [2.24, 2.45) is 0 Å². The maximum atomic E-state index is 14.9. The first-order valence-electron chi connectivity index (χ1n) is 10.6. The Kier molecular flexibility index (Phi) is 5.37. The maximum absolute atomic E-state index is 14.9. The zero-order valence-corrected chi connectivity index (χ0v) is 18.9. The lowest BCUT2D eigenvalue weighted by atomic mass is 9.97. The molecule has 3 aromatic heterocycles. The van der Waals surface area contributed by atoms with Crippen LogP contribution in [0.5, 0.6) is 0 Å². The number of carbonyl (C=O) groups is 1. The molecule has 34 heavy (non-hydrogen) atoms. The summed E-state index contributed by atoms with van der Waals surface area (Å²) in [5.41, 5.74) is 4.03. The second-order valence-electron chi connectivity index (χ2n) is 8.16. The van der Waals surface area contributed by atoms with E-state index in [2.05, 4.69) is 20.3 Å². The Bertz CT molecular complexity index is 1500. The van der Waals surface area contributed by atoms with Gasteiger partial charge in [-0.2, -0.15) is 5.10 Å². The van der Waals surface area contributed by atoms with Gasteiger partial charge in [0, 0.05) is 61.7 Å². The Morgan fingerprint density at radius 1 is 0.971 bits per heavy atom. The van der Waals surface area contributed by atoms with Crippen molar-refractivity contribution in [1.29, 1.82) is 0 Å². The highest BCUT2D eigenvalue weighted by Crippen LogP contribution is 2.34. The average molecular weight is 456 g/mol. The molecule has 0 saturated heterocycles. The van der Waals surface area contributed by atoms with Gasteiger partial charge in [0.05, 0.1) is 6.20 Å². The van der Waals surface area contributed by atoms with Crippen LogP contribution in [0.3, 0.4) is 0 Å². The van der Waals surface area contributed by atoms with Crippen LogP contribution >= 0.6 is 0 Å². The van der Waals surface area contributed by atoms with Crippen molar-refractivity contribution >= 4 is 16.7 Å². The molecule has 0 saturated carbocycles. The van der Waals surface area contributed by atoms with Gasteiger partial charge in [-0.15, -0.1) is 10.2 Å². The normalized spacial score (nSPS) is 11.2. The van der Waals surface area contributed by atoms with Gasteiger partial charge in [-0.05, 0) is 28.6 Å². The van der Waals surface area contributed by atoms with Crippen molar-refractivity contribution in [3.05, 3.63) is 72.9 Å². The summed E-state index contributed by atoms with van der Waals surface area (Å²) < 4.78 is 22.0. The first-order chi connectivity index (χ1) is 16.4. The van der Waals surface area contributed by atoms with Crippen LogP contribution in [-0.4, -0.2) is 49.9 Å². The third-order valence-electron chi connectivity index (χ3n) is 5.56. The Morgan fingerprint density at radius 3 is 2.44 bits per heavy atom. The molecular formula is C25H21FN6O2. The van der Waals surface area contributed by atoms with E-state index in [0.717, 1.165) is 22.3 Å². The second kappa shape index (κ2) is 8.51. The number of likely N-dealkylation sites (N-methyl/N-ethyl adjacent to an activating group) is 1. The number of rotatable bonds is 5. The molecule has 1 amide bonds. The van der Waals surface area contributed by atoms with E-state index in [0.29, 0.717) is 22.2 Å². The van der Waals surface area contributed by atoms with Gasteiger partial charge in [0.1, 0.15) is 12.4 Å². The molecule has 0 aliphatic carbocycles. The van der Waals surface area contributed by atoms with Crippen LogP contribution in [0, 0.1) is 12.7 Å². The van der Waals surface area contributed by atoms with Crippen LogP contribution < -0.4 is 0 Å². The minimum Gasteiger partial charge on any atom is -0.421 e. The predicted octanol–water partition coefficient (Wildman–Crippen LogP) is 4.35. The van der Waals surface area contributed by atoms with Gasteiger partial charge in [-0.3, -0.25) is 14.5 Å². The fraction of sp³-hybridized carbons (Fsp3) is 0.160. The summed E-state index contributed by atoms with van der Waals surface area (Å²) in [5, 5.41) is 13.2. The van der Waals surface area contributed by atoms with Crippen LogP contribution in [0.2, 0.25) is 0 Å². The number of halogens is 1. The van der Waals surface area contributed by atoms with E-state index in [1.807, 2.05) is 36.5 Å². The van der Waals surface area contributed by atoms with Crippen LogP contribution in [0.1, 0.15) is 5.89 Å². The lowest BCUT2D eigenvalue weighted by Gasteiger charge is -2.10. The molecule has 0 aliphatic heterocycles. The molecule has 0 spiro atoms. The molecular weight excluding hydrogens is 435 g/mol. The molecule has 0 radical (unpaired) electrons. The Labute approximate surface area is 194 Å². The number of pyridine rings is 1. The lowest BCUT2D eigenvalue weighted by Crippen LogP contribution is -2.26. The van der Waals surface area contributed by atoms with Crippen molar-refractivity contribution in [1.82, 2.24) is 29.9 Å². The van der Waals surface area contributed by atoms with Crippen LogP contribution in [0.4, 0.5) is 4.39 Å². The summed E-state index contributed by atoms with van der Waals surface area (Å²) in [6, 6.07) is 11.0. The van der Waals surface area contributed by atoms with Crippen molar-refractivity contribution in [3.8, 4) is 33.7 Å². The Balaban J connectivity index is 1.49. The predicted molar refractivity (Wildman–Crippen MR) is 125 cm³/mol. The number of amides is 1. The number of nitrogens with zero attached hydrogens (tertiary/aromatic N) is 6. The highest BCUT2D eigenvalue weighted by Gasteiger charge is 2.15. The minimum atomic E-state index is -0.408. The standard InChI is InChI=1S/C25H21FN6O2/c1-15-29-30-25(34-15)18-8-20-21(11-27-12-22(20)23(26)9-18)17-6-4-16(5-7-17)19-10-28-32(13-19)14-24(33)31(2)3/h4-13H,14H2,1-3H3. The summed E-state index contributed by atoms with van der Waals surface area (Å²) in [7, 11) is 3.43. The summed E-state index contributed by atoms with van der Waals surface area (Å²) in [6.45, 7) is 1.87. The summed E-state index contributed by atoms with van der Waals surface area (Å²) >= 11 is 0. The maximum Gasteiger partial charge on any atom is 0.247 e. The molecule has 2 aromatic carbocycles. The number of hydrogen-bond donors (Lipinski definition) is 0. The fourth-order valence-corrected chi connectivity index (χ4v) is 3.72. The number of aromatic nitrogens is 5. The van der Waals surface area contributed by atoms with E-state index in [-0.39, 0.29) is 18.3 Å². The average Bonchev–Trinajstić information content (AvgIpc) is 3.48. The van der Waals surface area contributed by atoms with E-state index in [4.69, 9.17) is 4.42 Å². The van der Waals surface area contributed by atoms with Gasteiger partial charge in [-0.25, -0.2) is 4.39 Å². The highest BCUT2D eigenvalue weighted by molar-refractivity contribution is 5.98. The minimum absolute atomic E-state index is 0.0317. The van der Waals surface area contributed by atoms with E-state index in [1.165, 1.54) is 17.2 Å². The summed E-state index contributed by atoms with van der Waals surface area (Å²) in [5.74, 6) is 0.237. The molecule has 8 nitrogen and oxygen atoms in total. The molecule has 0 atom stereocenters. The van der Waals surface area contributed by atoms with Gasteiger partial charge in [0.15, 0.2) is 0 Å². The van der Waals surface area contributed by atoms with Gasteiger partial charge < -0.3 is 9.32 Å². The Morgan fingerprint density at radius 2 is 1.74 bits per heavy atom. The van der Waals surface area contributed by atoms with Crippen molar-refractivity contribution in [2.75, 3.05) is 14.1 Å². The molecule has 9 heteroatoms. The highest BCUT2D eigenvalue weighted by atomic mass is 19.1. The number of carbonyl (C=O) groups excluding carboxylic acids is 1. The smallest absolute Gasteiger partial charge is 0.247 e. The third-order valence-corrected chi connectivity index (χ3v) is 5.56. The molecule has 0 bridgehead atoms. The van der Waals surface area contributed by atoms with Crippen LogP contribution in [0.15, 0.2) is 65.6 Å². The zero-order chi connectivity index (χ0) is 23.8. The number of benzene rings is 2. The quantitative estimate of drug-likeness (QED) is 0.391. The monoisotopic (exact) mass is 456 g/mol. The molecule has 0 N–H and O–H groups in total. The van der Waals surface area contributed by atoms with E-state index in [1.54, 1.807) is 38.1 Å². The van der Waals surface area contributed by atoms with Gasteiger partial charge in [0.25, 0.3) is 0 Å². The molecule has 5 rings (SSSR count). The molecule has 3 heterocycles. The van der Waals surface area contributed by atoms with Gasteiger partial charge in [-0.1, -0.05) is 24.3 Å².